The van der Waals surface area contributed by atoms with Crippen LogP contribution in [0.5, 0.6) is 0 Å². The van der Waals surface area contributed by atoms with Gasteiger partial charge in [0.15, 0.2) is 0 Å². The molecule has 0 aromatic heterocycles. The van der Waals surface area contributed by atoms with E-state index >= 15 is 0 Å². The number of nitrogens with zero attached hydrogens (tertiary/aromatic N) is 1. The van der Waals surface area contributed by atoms with Crippen LogP contribution in [0.2, 0.25) is 0 Å². The molecule has 0 aliphatic rings. The van der Waals surface area contributed by atoms with Crippen molar-refractivity contribution in [1.29, 1.82) is 0 Å². The highest BCUT2D eigenvalue weighted by atomic mass is 19.1. The summed E-state index contributed by atoms with van der Waals surface area (Å²) >= 11 is 0. The Bertz CT molecular complexity index is 398. The number of rotatable bonds is 6. The van der Waals surface area contributed by atoms with Gasteiger partial charge in [0.05, 0.1) is 11.5 Å². The minimum absolute atomic E-state index is 0.0543. The van der Waals surface area contributed by atoms with Crippen LogP contribution in [-0.4, -0.2) is 24.7 Å². The standard InChI is InChI=1S/C11H15FN2O3/c1-8(7-17-2)13-6-9-4-3-5-10(11(9)12)14(15)16/h3-5,8,13H,6-7H2,1-2H3. The maximum Gasteiger partial charge on any atom is 0.305 e. The Kier molecular flexibility index (Phi) is 4.99. The summed E-state index contributed by atoms with van der Waals surface area (Å²) in [5, 5.41) is 13.6. The molecule has 1 N–H and O–H groups in total. The molecule has 5 nitrogen and oxygen atoms in total. The van der Waals surface area contributed by atoms with Crippen LogP contribution in [0.4, 0.5) is 10.1 Å². The molecule has 0 heterocycles. The molecule has 0 bridgehead atoms. The molecule has 0 aliphatic heterocycles. The molecule has 1 aromatic rings. The summed E-state index contributed by atoms with van der Waals surface area (Å²) in [6.07, 6.45) is 0. The van der Waals surface area contributed by atoms with Gasteiger partial charge in [-0.15, -0.1) is 0 Å². The predicted molar refractivity (Wildman–Crippen MR) is 61.2 cm³/mol. The highest BCUT2D eigenvalue weighted by Gasteiger charge is 2.17. The average Bonchev–Trinajstić information content (AvgIpc) is 2.27. The van der Waals surface area contributed by atoms with Crippen LogP contribution < -0.4 is 5.32 Å². The molecular formula is C11H15FN2O3. The number of methoxy groups -OCH3 is 1. The van der Waals surface area contributed by atoms with E-state index in [2.05, 4.69) is 5.32 Å². The molecule has 0 amide bonds. The second-order valence-corrected chi connectivity index (χ2v) is 3.74. The van der Waals surface area contributed by atoms with Gasteiger partial charge in [0.2, 0.25) is 5.82 Å². The fourth-order valence-electron chi connectivity index (χ4n) is 1.44. The topological polar surface area (TPSA) is 64.4 Å². The predicted octanol–water partition coefficient (Wildman–Crippen LogP) is 1.86. The smallest absolute Gasteiger partial charge is 0.305 e. The zero-order chi connectivity index (χ0) is 12.8. The minimum Gasteiger partial charge on any atom is -0.383 e. The van der Waals surface area contributed by atoms with Gasteiger partial charge in [-0.05, 0) is 6.92 Å². The van der Waals surface area contributed by atoms with Gasteiger partial charge in [-0.25, -0.2) is 0 Å². The van der Waals surface area contributed by atoms with Crippen LogP contribution >= 0.6 is 0 Å². The van der Waals surface area contributed by atoms with Crippen LogP contribution in [0.15, 0.2) is 18.2 Å². The van der Waals surface area contributed by atoms with Crippen molar-refractivity contribution in [2.45, 2.75) is 19.5 Å². The first kappa shape index (κ1) is 13.5. The SMILES string of the molecule is COCC(C)NCc1cccc([N+](=O)[O-])c1F. The van der Waals surface area contributed by atoms with Crippen molar-refractivity contribution < 1.29 is 14.1 Å². The Morgan fingerprint density at radius 2 is 2.29 bits per heavy atom. The van der Waals surface area contributed by atoms with Gasteiger partial charge in [-0.3, -0.25) is 10.1 Å². The van der Waals surface area contributed by atoms with E-state index in [1.807, 2.05) is 6.92 Å². The minimum atomic E-state index is -0.783. The van der Waals surface area contributed by atoms with Gasteiger partial charge < -0.3 is 10.1 Å². The molecule has 1 aromatic carbocycles. The first-order valence-electron chi connectivity index (χ1n) is 5.20. The van der Waals surface area contributed by atoms with Gasteiger partial charge in [-0.2, -0.15) is 4.39 Å². The lowest BCUT2D eigenvalue weighted by atomic mass is 10.1. The van der Waals surface area contributed by atoms with Crippen molar-refractivity contribution in [3.8, 4) is 0 Å². The highest BCUT2D eigenvalue weighted by molar-refractivity contribution is 5.36. The summed E-state index contributed by atoms with van der Waals surface area (Å²) in [4.78, 5) is 9.81. The molecule has 1 atom stereocenters. The van der Waals surface area contributed by atoms with Crippen molar-refractivity contribution in [1.82, 2.24) is 5.32 Å². The molecule has 1 unspecified atom stereocenters. The fourth-order valence-corrected chi connectivity index (χ4v) is 1.44. The van der Waals surface area contributed by atoms with Crippen molar-refractivity contribution in [2.75, 3.05) is 13.7 Å². The van der Waals surface area contributed by atoms with E-state index < -0.39 is 16.4 Å². The highest BCUT2D eigenvalue weighted by Crippen LogP contribution is 2.19. The number of nitrogens with one attached hydrogen (secondary N) is 1. The molecule has 0 radical (unpaired) electrons. The summed E-state index contributed by atoms with van der Waals surface area (Å²) in [7, 11) is 1.58. The maximum absolute atomic E-state index is 13.6. The van der Waals surface area contributed by atoms with Gasteiger partial charge in [0.1, 0.15) is 0 Å². The molecule has 6 heteroatoms. The van der Waals surface area contributed by atoms with E-state index in [1.165, 1.54) is 12.1 Å². The second kappa shape index (κ2) is 6.27. The number of benzene rings is 1. The van der Waals surface area contributed by atoms with E-state index in [0.29, 0.717) is 6.61 Å². The lowest BCUT2D eigenvalue weighted by Crippen LogP contribution is -2.29. The van der Waals surface area contributed by atoms with Gasteiger partial charge in [0.25, 0.3) is 0 Å². The van der Waals surface area contributed by atoms with Crippen LogP contribution in [0.25, 0.3) is 0 Å². The summed E-state index contributed by atoms with van der Waals surface area (Å²) in [5.74, 6) is -0.783. The molecule has 0 saturated carbocycles. The average molecular weight is 242 g/mol. The van der Waals surface area contributed by atoms with Crippen molar-refractivity contribution in [3.63, 3.8) is 0 Å². The Hall–Kier alpha value is -1.53. The Morgan fingerprint density at radius 3 is 2.88 bits per heavy atom. The van der Waals surface area contributed by atoms with E-state index in [4.69, 9.17) is 4.74 Å². The summed E-state index contributed by atoms with van der Waals surface area (Å²) < 4.78 is 18.6. The zero-order valence-electron chi connectivity index (χ0n) is 9.77. The van der Waals surface area contributed by atoms with Crippen LogP contribution in [-0.2, 0) is 11.3 Å². The third kappa shape index (κ3) is 3.76. The zero-order valence-corrected chi connectivity index (χ0v) is 9.77. The van der Waals surface area contributed by atoms with E-state index in [9.17, 15) is 14.5 Å². The Labute approximate surface area is 98.7 Å². The maximum atomic E-state index is 13.6. The van der Waals surface area contributed by atoms with E-state index in [1.54, 1.807) is 7.11 Å². The monoisotopic (exact) mass is 242 g/mol. The second-order valence-electron chi connectivity index (χ2n) is 3.74. The van der Waals surface area contributed by atoms with Gasteiger partial charge in [-0.1, -0.05) is 12.1 Å². The Morgan fingerprint density at radius 1 is 1.59 bits per heavy atom. The number of nitro groups is 1. The third-order valence-electron chi connectivity index (χ3n) is 2.31. The van der Waals surface area contributed by atoms with E-state index in [-0.39, 0.29) is 18.2 Å². The van der Waals surface area contributed by atoms with E-state index in [0.717, 1.165) is 6.07 Å². The third-order valence-corrected chi connectivity index (χ3v) is 2.31. The Balaban J connectivity index is 2.72. The van der Waals surface area contributed by atoms with Gasteiger partial charge >= 0.3 is 5.69 Å². The summed E-state index contributed by atoms with van der Waals surface area (Å²) in [5.41, 5.74) is -0.217. The lowest BCUT2D eigenvalue weighted by Gasteiger charge is -2.12. The van der Waals surface area contributed by atoms with Crippen molar-refractivity contribution in [2.24, 2.45) is 0 Å². The molecule has 0 spiro atoms. The normalized spacial score (nSPS) is 12.4. The number of ether oxygens (including phenoxy) is 1. The first-order valence-corrected chi connectivity index (χ1v) is 5.20. The summed E-state index contributed by atoms with van der Waals surface area (Å²) in [6.45, 7) is 2.62. The van der Waals surface area contributed by atoms with Crippen molar-refractivity contribution in [3.05, 3.63) is 39.7 Å². The molecular weight excluding hydrogens is 227 g/mol. The first-order chi connectivity index (χ1) is 8.06. The number of halogens is 1. The fraction of sp³-hybridized carbons (Fsp3) is 0.455. The molecule has 0 saturated heterocycles. The quantitative estimate of drug-likeness (QED) is 0.611. The molecule has 1 rings (SSSR count). The van der Waals surface area contributed by atoms with Crippen LogP contribution in [0.1, 0.15) is 12.5 Å². The lowest BCUT2D eigenvalue weighted by molar-refractivity contribution is -0.387. The van der Waals surface area contributed by atoms with Crippen LogP contribution in [0.3, 0.4) is 0 Å². The van der Waals surface area contributed by atoms with Crippen molar-refractivity contribution >= 4 is 5.69 Å². The van der Waals surface area contributed by atoms with Gasteiger partial charge in [0, 0.05) is 31.3 Å². The molecule has 0 aliphatic carbocycles. The number of nitro benzene ring substituents is 1. The molecule has 0 fully saturated rings. The van der Waals surface area contributed by atoms with Crippen LogP contribution in [0, 0.1) is 15.9 Å². The number of hydrogen-bond acceptors (Lipinski definition) is 4. The molecule has 94 valence electrons. The summed E-state index contributed by atoms with van der Waals surface area (Å²) in [6, 6.07) is 4.20. The number of hydrogen-bond donors (Lipinski definition) is 1. The largest absolute Gasteiger partial charge is 0.383 e. The molecule has 17 heavy (non-hydrogen) atoms.